The number of rotatable bonds is 7. The van der Waals surface area contributed by atoms with E-state index in [1.54, 1.807) is 0 Å². The quantitative estimate of drug-likeness (QED) is 0.654. The lowest BCUT2D eigenvalue weighted by atomic mass is 9.94. The minimum Gasteiger partial charge on any atom is -0.317 e. The van der Waals surface area contributed by atoms with Gasteiger partial charge in [0.05, 0.1) is 0 Å². The van der Waals surface area contributed by atoms with E-state index in [0.717, 1.165) is 5.92 Å². The summed E-state index contributed by atoms with van der Waals surface area (Å²) in [6, 6.07) is 0.683. The van der Waals surface area contributed by atoms with Crippen LogP contribution in [-0.4, -0.2) is 38.6 Å². The lowest BCUT2D eigenvalue weighted by Gasteiger charge is -2.24. The van der Waals surface area contributed by atoms with Crippen LogP contribution in [0.15, 0.2) is 0 Å². The summed E-state index contributed by atoms with van der Waals surface area (Å²) in [6.45, 7) is 5.79. The fraction of sp³-hybridized carbons (Fsp3) is 1.00. The number of hydrogen-bond donors (Lipinski definition) is 1. The minimum absolute atomic E-state index is 0.683. The smallest absolute Gasteiger partial charge is 0.0102 e. The number of nitrogens with zero attached hydrogens (tertiary/aromatic N) is 1. The van der Waals surface area contributed by atoms with Crippen LogP contribution >= 0.6 is 0 Å². The highest BCUT2D eigenvalue weighted by atomic mass is 15.1. The van der Waals surface area contributed by atoms with Crippen LogP contribution in [0.2, 0.25) is 0 Å². The Morgan fingerprint density at radius 2 is 1.85 bits per heavy atom. The predicted molar refractivity (Wildman–Crippen MR) is 60.1 cm³/mol. The molecule has 2 atom stereocenters. The molecule has 0 aromatic rings. The Morgan fingerprint density at radius 3 is 2.23 bits per heavy atom. The van der Waals surface area contributed by atoms with Gasteiger partial charge in [0.1, 0.15) is 0 Å². The Bertz CT molecular complexity index is 113. The maximum absolute atomic E-state index is 3.42. The molecule has 0 amide bonds. The second-order valence-corrected chi connectivity index (χ2v) is 4.25. The number of hydrogen-bond acceptors (Lipinski definition) is 2. The van der Waals surface area contributed by atoms with E-state index in [9.17, 15) is 0 Å². The van der Waals surface area contributed by atoms with Crippen molar-refractivity contribution in [2.75, 3.05) is 27.7 Å². The Morgan fingerprint density at radius 1 is 1.23 bits per heavy atom. The van der Waals surface area contributed by atoms with Crippen LogP contribution in [0.3, 0.4) is 0 Å². The van der Waals surface area contributed by atoms with Gasteiger partial charge in [-0.1, -0.05) is 20.3 Å². The Kier molecular flexibility index (Phi) is 7.29. The van der Waals surface area contributed by atoms with E-state index in [-0.39, 0.29) is 0 Å². The molecule has 0 aliphatic rings. The van der Waals surface area contributed by atoms with Gasteiger partial charge in [-0.05, 0) is 46.4 Å². The van der Waals surface area contributed by atoms with Crippen LogP contribution in [0.5, 0.6) is 0 Å². The molecular weight excluding hydrogens is 160 g/mol. The van der Waals surface area contributed by atoms with Gasteiger partial charge in [-0.2, -0.15) is 0 Å². The van der Waals surface area contributed by atoms with Gasteiger partial charge in [0.15, 0.2) is 0 Å². The summed E-state index contributed by atoms with van der Waals surface area (Å²) in [5, 5.41) is 3.42. The Labute approximate surface area is 83.7 Å². The van der Waals surface area contributed by atoms with Crippen LogP contribution in [-0.2, 0) is 0 Å². The molecule has 0 heterocycles. The number of nitrogens with one attached hydrogen (secondary N) is 1. The first-order valence-corrected chi connectivity index (χ1v) is 5.43. The van der Waals surface area contributed by atoms with E-state index < -0.39 is 0 Å². The predicted octanol–water partition coefficient (Wildman–Crippen LogP) is 1.96. The SMILES string of the molecule is CCCC(C)C(CCN(C)C)NC. The molecule has 2 nitrogen and oxygen atoms in total. The molecule has 0 fully saturated rings. The first-order chi connectivity index (χ1) is 6.11. The van der Waals surface area contributed by atoms with Crippen LogP contribution in [0.25, 0.3) is 0 Å². The summed E-state index contributed by atoms with van der Waals surface area (Å²) >= 11 is 0. The van der Waals surface area contributed by atoms with E-state index >= 15 is 0 Å². The van der Waals surface area contributed by atoms with Crippen molar-refractivity contribution in [3.05, 3.63) is 0 Å². The van der Waals surface area contributed by atoms with E-state index in [4.69, 9.17) is 0 Å². The van der Waals surface area contributed by atoms with Gasteiger partial charge in [0.25, 0.3) is 0 Å². The average Bonchev–Trinajstić information content (AvgIpc) is 2.05. The third-order valence-corrected chi connectivity index (χ3v) is 2.69. The van der Waals surface area contributed by atoms with Crippen molar-refractivity contribution in [1.82, 2.24) is 10.2 Å². The van der Waals surface area contributed by atoms with Gasteiger partial charge in [-0.15, -0.1) is 0 Å². The zero-order valence-corrected chi connectivity index (χ0v) is 9.93. The monoisotopic (exact) mass is 186 g/mol. The maximum Gasteiger partial charge on any atom is 0.0102 e. The lowest BCUT2D eigenvalue weighted by Crippen LogP contribution is -2.35. The van der Waals surface area contributed by atoms with Gasteiger partial charge >= 0.3 is 0 Å². The standard InChI is InChI=1S/C11H26N2/c1-6-7-10(2)11(12-3)8-9-13(4)5/h10-12H,6-9H2,1-5H3. The third kappa shape index (κ3) is 6.05. The van der Waals surface area contributed by atoms with Gasteiger partial charge in [0, 0.05) is 6.04 Å². The largest absolute Gasteiger partial charge is 0.317 e. The molecule has 0 rings (SSSR count). The van der Waals surface area contributed by atoms with Gasteiger partial charge in [0.2, 0.25) is 0 Å². The van der Waals surface area contributed by atoms with Gasteiger partial charge < -0.3 is 10.2 Å². The van der Waals surface area contributed by atoms with Crippen molar-refractivity contribution in [3.63, 3.8) is 0 Å². The van der Waals surface area contributed by atoms with Crippen LogP contribution in [0.1, 0.15) is 33.1 Å². The highest BCUT2D eigenvalue weighted by Gasteiger charge is 2.13. The summed E-state index contributed by atoms with van der Waals surface area (Å²) in [4.78, 5) is 2.25. The van der Waals surface area contributed by atoms with Crippen molar-refractivity contribution in [1.29, 1.82) is 0 Å². The van der Waals surface area contributed by atoms with Crippen LogP contribution < -0.4 is 5.32 Å². The average molecular weight is 186 g/mol. The fourth-order valence-electron chi connectivity index (χ4n) is 1.77. The van der Waals surface area contributed by atoms with Crippen molar-refractivity contribution < 1.29 is 0 Å². The molecule has 0 aliphatic heterocycles. The summed E-state index contributed by atoms with van der Waals surface area (Å²) in [6.07, 6.45) is 3.88. The second-order valence-electron chi connectivity index (χ2n) is 4.25. The molecular formula is C11H26N2. The highest BCUT2D eigenvalue weighted by Crippen LogP contribution is 2.13. The van der Waals surface area contributed by atoms with Crippen molar-refractivity contribution in [2.45, 2.75) is 39.2 Å². The van der Waals surface area contributed by atoms with Crippen molar-refractivity contribution in [3.8, 4) is 0 Å². The molecule has 0 aromatic heterocycles. The van der Waals surface area contributed by atoms with E-state index in [0.29, 0.717) is 6.04 Å². The highest BCUT2D eigenvalue weighted by molar-refractivity contribution is 4.72. The Hall–Kier alpha value is -0.0800. The third-order valence-electron chi connectivity index (χ3n) is 2.69. The normalized spacial score (nSPS) is 16.2. The molecule has 0 spiro atoms. The molecule has 1 N–H and O–H groups in total. The van der Waals surface area contributed by atoms with Crippen molar-refractivity contribution in [2.24, 2.45) is 5.92 Å². The van der Waals surface area contributed by atoms with E-state index in [2.05, 4.69) is 45.2 Å². The second kappa shape index (κ2) is 7.34. The van der Waals surface area contributed by atoms with Gasteiger partial charge in [-0.25, -0.2) is 0 Å². The van der Waals surface area contributed by atoms with E-state index in [1.165, 1.54) is 25.8 Å². The molecule has 0 aromatic carbocycles. The molecule has 2 heteroatoms. The molecule has 0 radical (unpaired) electrons. The molecule has 0 saturated carbocycles. The molecule has 0 saturated heterocycles. The molecule has 80 valence electrons. The van der Waals surface area contributed by atoms with Crippen molar-refractivity contribution >= 4 is 0 Å². The summed E-state index contributed by atoms with van der Waals surface area (Å²) in [5.74, 6) is 0.801. The van der Waals surface area contributed by atoms with E-state index in [1.807, 2.05) is 0 Å². The fourth-order valence-corrected chi connectivity index (χ4v) is 1.77. The first kappa shape index (κ1) is 12.9. The topological polar surface area (TPSA) is 15.3 Å². The Balaban J connectivity index is 3.73. The zero-order valence-electron chi connectivity index (χ0n) is 9.93. The molecule has 13 heavy (non-hydrogen) atoms. The van der Waals surface area contributed by atoms with Crippen LogP contribution in [0, 0.1) is 5.92 Å². The molecule has 0 bridgehead atoms. The molecule has 2 unspecified atom stereocenters. The van der Waals surface area contributed by atoms with Crippen LogP contribution in [0.4, 0.5) is 0 Å². The lowest BCUT2D eigenvalue weighted by molar-refractivity contribution is 0.305. The maximum atomic E-state index is 3.42. The molecule has 0 aliphatic carbocycles. The first-order valence-electron chi connectivity index (χ1n) is 5.43. The summed E-state index contributed by atoms with van der Waals surface area (Å²) in [7, 11) is 6.35. The zero-order chi connectivity index (χ0) is 10.3. The van der Waals surface area contributed by atoms with Gasteiger partial charge in [-0.3, -0.25) is 0 Å². The minimum atomic E-state index is 0.683. The summed E-state index contributed by atoms with van der Waals surface area (Å²) < 4.78 is 0. The summed E-state index contributed by atoms with van der Waals surface area (Å²) in [5.41, 5.74) is 0.